The molecule has 1 heterocycles. The Kier molecular flexibility index (Phi) is 6.36. The van der Waals surface area contributed by atoms with E-state index in [9.17, 15) is 8.42 Å². The van der Waals surface area contributed by atoms with Crippen LogP contribution in [0.5, 0.6) is 0 Å². The number of hydrogen-bond donors (Lipinski definition) is 0. The SMILES string of the molecule is CCC(C)CN(CC)S(=O)(=O)c1cc(CCl)oc1Br. The maximum Gasteiger partial charge on any atom is 0.247 e. The third kappa shape index (κ3) is 3.97. The van der Waals surface area contributed by atoms with Crippen molar-refractivity contribution in [3.05, 3.63) is 16.5 Å². The average molecular weight is 373 g/mol. The summed E-state index contributed by atoms with van der Waals surface area (Å²) in [6, 6.07) is 1.48. The van der Waals surface area contributed by atoms with Crippen LogP contribution < -0.4 is 0 Å². The number of hydrogen-bond acceptors (Lipinski definition) is 3. The van der Waals surface area contributed by atoms with E-state index in [1.54, 1.807) is 0 Å². The fourth-order valence-corrected chi connectivity index (χ4v) is 4.31. The molecule has 7 heteroatoms. The van der Waals surface area contributed by atoms with Crippen molar-refractivity contribution in [3.63, 3.8) is 0 Å². The van der Waals surface area contributed by atoms with Gasteiger partial charge in [-0.05, 0) is 21.8 Å². The van der Waals surface area contributed by atoms with Crippen molar-refractivity contribution in [2.45, 2.75) is 38.0 Å². The summed E-state index contributed by atoms with van der Waals surface area (Å²) in [4.78, 5) is 0.147. The molecular formula is C12H19BrClNO3S. The van der Waals surface area contributed by atoms with Gasteiger partial charge in [-0.3, -0.25) is 0 Å². The topological polar surface area (TPSA) is 50.5 Å². The fraction of sp³-hybridized carbons (Fsp3) is 0.667. The van der Waals surface area contributed by atoms with Gasteiger partial charge in [0.2, 0.25) is 10.0 Å². The van der Waals surface area contributed by atoms with E-state index in [0.717, 1.165) is 6.42 Å². The van der Waals surface area contributed by atoms with Crippen LogP contribution in [0.2, 0.25) is 0 Å². The number of furan rings is 1. The van der Waals surface area contributed by atoms with Crippen molar-refractivity contribution in [2.75, 3.05) is 13.1 Å². The lowest BCUT2D eigenvalue weighted by Gasteiger charge is -2.22. The van der Waals surface area contributed by atoms with E-state index in [-0.39, 0.29) is 15.4 Å². The molecule has 0 spiro atoms. The Morgan fingerprint density at radius 3 is 2.53 bits per heavy atom. The predicted molar refractivity (Wildman–Crippen MR) is 79.9 cm³/mol. The van der Waals surface area contributed by atoms with Gasteiger partial charge < -0.3 is 4.42 Å². The molecular weight excluding hydrogens is 354 g/mol. The summed E-state index contributed by atoms with van der Waals surface area (Å²) in [5, 5.41) is 0. The molecule has 0 radical (unpaired) electrons. The highest BCUT2D eigenvalue weighted by Crippen LogP contribution is 2.29. The highest BCUT2D eigenvalue weighted by molar-refractivity contribution is 9.10. The van der Waals surface area contributed by atoms with Crippen molar-refractivity contribution in [1.82, 2.24) is 4.31 Å². The normalized spacial score (nSPS) is 14.0. The van der Waals surface area contributed by atoms with Crippen LogP contribution in [0.4, 0.5) is 0 Å². The lowest BCUT2D eigenvalue weighted by atomic mass is 10.1. The van der Waals surface area contributed by atoms with Crippen LogP contribution in [0, 0.1) is 5.92 Å². The number of rotatable bonds is 7. The highest BCUT2D eigenvalue weighted by Gasteiger charge is 2.29. The van der Waals surface area contributed by atoms with Gasteiger partial charge in [0.15, 0.2) is 4.67 Å². The molecule has 0 N–H and O–H groups in total. The molecule has 1 unspecified atom stereocenters. The Bertz CT molecular complexity index is 515. The van der Waals surface area contributed by atoms with E-state index in [1.807, 2.05) is 20.8 Å². The molecule has 0 aromatic carbocycles. The largest absolute Gasteiger partial charge is 0.452 e. The quantitative estimate of drug-likeness (QED) is 0.683. The summed E-state index contributed by atoms with van der Waals surface area (Å²) in [5.41, 5.74) is 0. The second kappa shape index (κ2) is 7.11. The zero-order chi connectivity index (χ0) is 14.6. The second-order valence-electron chi connectivity index (χ2n) is 4.45. The van der Waals surface area contributed by atoms with E-state index >= 15 is 0 Å². The maximum atomic E-state index is 12.6. The minimum atomic E-state index is -3.54. The summed E-state index contributed by atoms with van der Waals surface area (Å²) >= 11 is 8.80. The van der Waals surface area contributed by atoms with Crippen LogP contribution >= 0.6 is 27.5 Å². The van der Waals surface area contributed by atoms with Crippen molar-refractivity contribution >= 4 is 37.6 Å². The minimum absolute atomic E-state index is 0.144. The van der Waals surface area contributed by atoms with Crippen LogP contribution in [0.25, 0.3) is 0 Å². The molecule has 0 fully saturated rings. The lowest BCUT2D eigenvalue weighted by Crippen LogP contribution is -2.34. The number of sulfonamides is 1. The molecule has 0 amide bonds. The summed E-state index contributed by atoms with van der Waals surface area (Å²) in [6.45, 7) is 6.84. The van der Waals surface area contributed by atoms with Gasteiger partial charge in [0, 0.05) is 19.2 Å². The van der Waals surface area contributed by atoms with Crippen molar-refractivity contribution in [2.24, 2.45) is 5.92 Å². The third-order valence-electron chi connectivity index (χ3n) is 3.02. The van der Waals surface area contributed by atoms with Crippen molar-refractivity contribution in [1.29, 1.82) is 0 Å². The second-order valence-corrected chi connectivity index (χ2v) is 7.35. The Morgan fingerprint density at radius 1 is 1.47 bits per heavy atom. The molecule has 1 atom stereocenters. The molecule has 19 heavy (non-hydrogen) atoms. The van der Waals surface area contributed by atoms with Gasteiger partial charge in [0.05, 0.1) is 5.88 Å². The zero-order valence-corrected chi connectivity index (χ0v) is 14.5. The Labute approximate surface area is 128 Å². The first kappa shape index (κ1) is 17.0. The first-order valence-electron chi connectivity index (χ1n) is 6.21. The molecule has 0 aliphatic heterocycles. The van der Waals surface area contributed by atoms with Gasteiger partial charge in [0.25, 0.3) is 0 Å². The number of halogens is 2. The lowest BCUT2D eigenvalue weighted by molar-refractivity contribution is 0.360. The van der Waals surface area contributed by atoms with Crippen LogP contribution in [-0.4, -0.2) is 25.8 Å². The summed E-state index contributed by atoms with van der Waals surface area (Å²) < 4.78 is 32.1. The van der Waals surface area contributed by atoms with Gasteiger partial charge in [-0.1, -0.05) is 27.2 Å². The zero-order valence-electron chi connectivity index (χ0n) is 11.3. The van der Waals surface area contributed by atoms with E-state index in [0.29, 0.717) is 24.8 Å². The highest BCUT2D eigenvalue weighted by atomic mass is 79.9. The number of nitrogens with zero attached hydrogens (tertiary/aromatic N) is 1. The molecule has 1 aromatic heterocycles. The van der Waals surface area contributed by atoms with Gasteiger partial charge >= 0.3 is 0 Å². The molecule has 0 saturated carbocycles. The van der Waals surface area contributed by atoms with Crippen LogP contribution in [0.15, 0.2) is 20.0 Å². The van der Waals surface area contributed by atoms with Crippen LogP contribution in [0.1, 0.15) is 33.0 Å². The Balaban J connectivity index is 3.09. The molecule has 0 aliphatic rings. The van der Waals surface area contributed by atoms with Gasteiger partial charge in [-0.25, -0.2) is 8.42 Å². The summed E-state index contributed by atoms with van der Waals surface area (Å²) in [7, 11) is -3.54. The minimum Gasteiger partial charge on any atom is -0.452 e. The number of alkyl halides is 1. The van der Waals surface area contributed by atoms with Crippen molar-refractivity contribution in [3.8, 4) is 0 Å². The van der Waals surface area contributed by atoms with E-state index in [2.05, 4.69) is 15.9 Å². The summed E-state index contributed by atoms with van der Waals surface area (Å²) in [5.74, 6) is 0.894. The molecule has 110 valence electrons. The Morgan fingerprint density at radius 2 is 2.11 bits per heavy atom. The van der Waals surface area contributed by atoms with Crippen LogP contribution in [-0.2, 0) is 15.9 Å². The van der Waals surface area contributed by atoms with Crippen LogP contribution in [0.3, 0.4) is 0 Å². The van der Waals surface area contributed by atoms with E-state index in [1.165, 1.54) is 10.4 Å². The molecule has 0 bridgehead atoms. The summed E-state index contributed by atoms with van der Waals surface area (Å²) in [6.07, 6.45) is 0.936. The first-order valence-corrected chi connectivity index (χ1v) is 8.97. The smallest absolute Gasteiger partial charge is 0.247 e. The van der Waals surface area contributed by atoms with Gasteiger partial charge in [-0.2, -0.15) is 4.31 Å². The molecule has 0 saturated heterocycles. The van der Waals surface area contributed by atoms with Gasteiger partial charge in [0.1, 0.15) is 10.7 Å². The molecule has 4 nitrogen and oxygen atoms in total. The molecule has 1 rings (SSSR count). The monoisotopic (exact) mass is 371 g/mol. The first-order chi connectivity index (χ1) is 8.86. The standard InChI is InChI=1S/C12H19BrClNO3S/c1-4-9(3)8-15(5-2)19(16,17)11-6-10(7-14)18-12(11)13/h6,9H,4-5,7-8H2,1-3H3. The van der Waals surface area contributed by atoms with Gasteiger partial charge in [-0.15, -0.1) is 11.6 Å². The van der Waals surface area contributed by atoms with E-state index < -0.39 is 10.0 Å². The van der Waals surface area contributed by atoms with E-state index in [4.69, 9.17) is 16.0 Å². The predicted octanol–water partition coefficient (Wildman–Crippen LogP) is 3.84. The third-order valence-corrected chi connectivity index (χ3v) is 6.08. The van der Waals surface area contributed by atoms with Crippen molar-refractivity contribution < 1.29 is 12.8 Å². The molecule has 1 aromatic rings. The Hall–Kier alpha value is -0.0400. The fourth-order valence-electron chi connectivity index (χ4n) is 1.65. The maximum absolute atomic E-state index is 12.6. The average Bonchev–Trinajstić information content (AvgIpc) is 2.77. The molecule has 0 aliphatic carbocycles.